The van der Waals surface area contributed by atoms with Gasteiger partial charge in [0.25, 0.3) is 0 Å². The Morgan fingerprint density at radius 3 is 3.10 bits per heavy atom. The summed E-state index contributed by atoms with van der Waals surface area (Å²) in [5.74, 6) is 0.138. The van der Waals surface area contributed by atoms with Crippen molar-refractivity contribution in [3.63, 3.8) is 0 Å². The van der Waals surface area contributed by atoms with Crippen LogP contribution in [0.25, 0.3) is 0 Å². The number of nitrogens with zero attached hydrogens (tertiary/aromatic N) is 3. The van der Waals surface area contributed by atoms with Gasteiger partial charge >= 0.3 is 0 Å². The molecule has 2 aliphatic rings. The quantitative estimate of drug-likeness (QED) is 0.870. The molecular formula is C14H11N3O2S. The van der Waals surface area contributed by atoms with Crippen molar-refractivity contribution in [2.75, 3.05) is 11.4 Å². The lowest BCUT2D eigenvalue weighted by molar-refractivity contribution is 0.0602. The zero-order valence-electron chi connectivity index (χ0n) is 10.5. The van der Waals surface area contributed by atoms with Crippen molar-refractivity contribution >= 4 is 34.3 Å². The van der Waals surface area contributed by atoms with Crippen LogP contribution in [0, 0.1) is 0 Å². The Labute approximate surface area is 119 Å². The predicted molar refractivity (Wildman–Crippen MR) is 76.9 cm³/mol. The Morgan fingerprint density at radius 1 is 1.40 bits per heavy atom. The molecule has 2 aromatic rings. The fourth-order valence-electron chi connectivity index (χ4n) is 2.75. The van der Waals surface area contributed by atoms with Crippen molar-refractivity contribution in [3.05, 3.63) is 40.8 Å². The first kappa shape index (κ1) is 11.7. The second kappa shape index (κ2) is 3.97. The smallest absolute Gasteiger partial charge is 0.204 e. The Morgan fingerprint density at radius 2 is 2.30 bits per heavy atom. The summed E-state index contributed by atoms with van der Waals surface area (Å²) in [5.41, 5.74) is 0.429. The summed E-state index contributed by atoms with van der Waals surface area (Å²) >= 11 is 1.58. The minimum atomic E-state index is -1.50. The van der Waals surface area contributed by atoms with E-state index in [1.807, 2.05) is 21.7 Å². The van der Waals surface area contributed by atoms with Crippen LogP contribution in [0.4, 0.5) is 11.4 Å². The van der Waals surface area contributed by atoms with Gasteiger partial charge < -0.3 is 10.0 Å². The maximum absolute atomic E-state index is 12.6. The Balaban J connectivity index is 1.90. The SMILES string of the molecule is O=C1c2ccncc2N=C2N(c3ccsc3)CCC12O. The van der Waals surface area contributed by atoms with E-state index in [1.54, 1.807) is 29.8 Å². The maximum atomic E-state index is 12.6. The van der Waals surface area contributed by atoms with Crippen LogP contribution in [-0.2, 0) is 0 Å². The number of rotatable bonds is 1. The average molecular weight is 285 g/mol. The van der Waals surface area contributed by atoms with E-state index < -0.39 is 5.60 Å². The van der Waals surface area contributed by atoms with Crippen molar-refractivity contribution < 1.29 is 9.90 Å². The highest BCUT2D eigenvalue weighted by atomic mass is 32.1. The van der Waals surface area contributed by atoms with E-state index in [0.717, 1.165) is 5.69 Å². The van der Waals surface area contributed by atoms with Gasteiger partial charge in [0.1, 0.15) is 5.84 Å². The highest BCUT2D eigenvalue weighted by Gasteiger charge is 2.52. The summed E-state index contributed by atoms with van der Waals surface area (Å²) in [7, 11) is 0. The fourth-order valence-corrected chi connectivity index (χ4v) is 3.39. The monoisotopic (exact) mass is 285 g/mol. The number of fused-ring (bicyclic) bond motifs is 2. The molecule has 5 nitrogen and oxygen atoms in total. The molecule has 20 heavy (non-hydrogen) atoms. The third-order valence-corrected chi connectivity index (χ3v) is 4.46. The van der Waals surface area contributed by atoms with Crippen LogP contribution < -0.4 is 4.90 Å². The highest BCUT2D eigenvalue weighted by Crippen LogP contribution is 2.39. The molecule has 0 amide bonds. The molecule has 100 valence electrons. The van der Waals surface area contributed by atoms with Crippen molar-refractivity contribution in [3.8, 4) is 0 Å². The number of thiophene rings is 1. The van der Waals surface area contributed by atoms with Gasteiger partial charge in [0, 0.05) is 24.5 Å². The molecule has 1 N–H and O–H groups in total. The van der Waals surface area contributed by atoms with Gasteiger partial charge in [-0.3, -0.25) is 9.78 Å². The number of ketones is 1. The number of pyridine rings is 1. The van der Waals surface area contributed by atoms with Gasteiger partial charge in [-0.25, -0.2) is 4.99 Å². The third kappa shape index (κ3) is 1.43. The van der Waals surface area contributed by atoms with Gasteiger partial charge in [0.05, 0.1) is 23.1 Å². The number of aliphatic hydroxyl groups is 1. The number of aromatic nitrogens is 1. The molecule has 1 unspecified atom stereocenters. The number of hydrogen-bond acceptors (Lipinski definition) is 6. The molecule has 1 fully saturated rings. The maximum Gasteiger partial charge on any atom is 0.204 e. The Hall–Kier alpha value is -2.05. The fraction of sp³-hybridized carbons (Fsp3) is 0.214. The summed E-state index contributed by atoms with van der Waals surface area (Å²) in [6.45, 7) is 0.583. The van der Waals surface area contributed by atoms with Gasteiger partial charge in [0.2, 0.25) is 5.78 Å². The number of hydrogen-bond donors (Lipinski definition) is 1. The van der Waals surface area contributed by atoms with Crippen molar-refractivity contribution in [2.24, 2.45) is 4.99 Å². The molecule has 6 heteroatoms. The van der Waals surface area contributed by atoms with Crippen molar-refractivity contribution in [1.29, 1.82) is 0 Å². The molecule has 0 bridgehead atoms. The summed E-state index contributed by atoms with van der Waals surface area (Å²) < 4.78 is 0. The lowest BCUT2D eigenvalue weighted by Crippen LogP contribution is -2.48. The Kier molecular flexibility index (Phi) is 2.33. The zero-order chi connectivity index (χ0) is 13.7. The van der Waals surface area contributed by atoms with Gasteiger partial charge in [-0.2, -0.15) is 11.3 Å². The summed E-state index contributed by atoms with van der Waals surface area (Å²) in [5, 5.41) is 14.7. The van der Waals surface area contributed by atoms with E-state index in [2.05, 4.69) is 9.98 Å². The number of anilines is 1. The molecule has 1 saturated heterocycles. The van der Waals surface area contributed by atoms with Crippen LogP contribution in [0.5, 0.6) is 0 Å². The van der Waals surface area contributed by atoms with Crippen LogP contribution in [0.2, 0.25) is 0 Å². The molecule has 2 aromatic heterocycles. The van der Waals surface area contributed by atoms with Crippen molar-refractivity contribution in [2.45, 2.75) is 12.0 Å². The molecular weight excluding hydrogens is 274 g/mol. The van der Waals surface area contributed by atoms with E-state index in [4.69, 9.17) is 0 Å². The van der Waals surface area contributed by atoms with Gasteiger partial charge in [-0.15, -0.1) is 0 Å². The third-order valence-electron chi connectivity index (χ3n) is 3.79. The predicted octanol–water partition coefficient (Wildman–Crippen LogP) is 2.01. The molecule has 0 saturated carbocycles. The second-order valence-electron chi connectivity index (χ2n) is 4.90. The standard InChI is InChI=1S/C14H11N3O2S/c18-12-10-1-4-15-7-11(10)16-13-14(12,19)3-5-17(13)9-2-6-20-8-9/h1-2,4,6-8,19H,3,5H2. The number of carbonyl (C=O) groups is 1. The lowest BCUT2D eigenvalue weighted by atomic mass is 9.88. The molecule has 4 rings (SSSR count). The minimum Gasteiger partial charge on any atom is -0.374 e. The van der Waals surface area contributed by atoms with E-state index in [1.165, 1.54) is 0 Å². The van der Waals surface area contributed by atoms with E-state index in [0.29, 0.717) is 30.1 Å². The molecule has 0 aliphatic carbocycles. The topological polar surface area (TPSA) is 65.8 Å². The Bertz CT molecular complexity index is 726. The molecule has 1 atom stereocenters. The van der Waals surface area contributed by atoms with Crippen molar-refractivity contribution in [1.82, 2.24) is 4.98 Å². The molecule has 0 radical (unpaired) electrons. The van der Waals surface area contributed by atoms with Crippen LogP contribution >= 0.6 is 11.3 Å². The first-order valence-electron chi connectivity index (χ1n) is 6.30. The average Bonchev–Trinajstić information content (AvgIpc) is 3.08. The van der Waals surface area contributed by atoms with Gasteiger partial charge in [-0.05, 0) is 17.5 Å². The number of aliphatic imine (C=N–C) groups is 1. The van der Waals surface area contributed by atoms with Crippen LogP contribution in [0.15, 0.2) is 40.3 Å². The van der Waals surface area contributed by atoms with E-state index >= 15 is 0 Å². The lowest BCUT2D eigenvalue weighted by Gasteiger charge is -2.28. The van der Waals surface area contributed by atoms with Crippen LogP contribution in [0.3, 0.4) is 0 Å². The second-order valence-corrected chi connectivity index (χ2v) is 5.68. The molecule has 4 heterocycles. The summed E-state index contributed by atoms with van der Waals surface area (Å²) in [4.78, 5) is 22.9. The molecule has 0 aromatic carbocycles. The number of Topliss-reactive ketones (excluding diaryl/α,β-unsaturated/α-hetero) is 1. The van der Waals surface area contributed by atoms with E-state index in [-0.39, 0.29) is 5.78 Å². The van der Waals surface area contributed by atoms with Crippen LogP contribution in [0.1, 0.15) is 16.8 Å². The normalized spacial score (nSPS) is 24.4. The minimum absolute atomic E-state index is 0.280. The van der Waals surface area contributed by atoms with Crippen LogP contribution in [-0.4, -0.2) is 33.9 Å². The van der Waals surface area contributed by atoms with E-state index in [9.17, 15) is 9.90 Å². The largest absolute Gasteiger partial charge is 0.374 e. The van der Waals surface area contributed by atoms with Gasteiger partial charge in [0.15, 0.2) is 5.60 Å². The number of carbonyl (C=O) groups excluding carboxylic acids is 1. The summed E-state index contributed by atoms with van der Waals surface area (Å²) in [6.07, 6.45) is 3.47. The first-order chi connectivity index (χ1) is 9.70. The zero-order valence-corrected chi connectivity index (χ0v) is 11.3. The first-order valence-corrected chi connectivity index (χ1v) is 7.24. The summed E-state index contributed by atoms with van der Waals surface area (Å²) in [6, 6.07) is 3.57. The number of amidine groups is 1. The van der Waals surface area contributed by atoms with Gasteiger partial charge in [-0.1, -0.05) is 0 Å². The molecule has 2 aliphatic heterocycles. The highest BCUT2D eigenvalue weighted by molar-refractivity contribution is 7.08. The molecule has 0 spiro atoms.